The maximum atomic E-state index is 12.4. The van der Waals surface area contributed by atoms with Crippen LogP contribution in [0.5, 0.6) is 5.75 Å². The number of sulfonamides is 1. The average Bonchev–Trinajstić information content (AvgIpc) is 2.42. The average molecular weight is 297 g/mol. The molecule has 0 unspecified atom stereocenters. The van der Waals surface area contributed by atoms with Crippen LogP contribution in [-0.4, -0.2) is 21.1 Å². The third-order valence-corrected chi connectivity index (χ3v) is 5.37. The zero-order valence-corrected chi connectivity index (χ0v) is 12.9. The fourth-order valence-electron chi connectivity index (χ4n) is 2.64. The van der Waals surface area contributed by atoms with Crippen molar-refractivity contribution < 1.29 is 13.2 Å². The summed E-state index contributed by atoms with van der Waals surface area (Å²) in [4.78, 5) is 0.304. The van der Waals surface area contributed by atoms with Crippen LogP contribution in [0.15, 0.2) is 29.2 Å². The van der Waals surface area contributed by atoms with E-state index in [1.165, 1.54) is 6.42 Å². The van der Waals surface area contributed by atoms with Gasteiger partial charge in [-0.25, -0.2) is 13.1 Å². The minimum atomic E-state index is -3.43. The van der Waals surface area contributed by atoms with Gasteiger partial charge in [0.05, 0.1) is 11.5 Å². The van der Waals surface area contributed by atoms with Crippen LogP contribution in [0.25, 0.3) is 0 Å². The molecule has 1 saturated carbocycles. The van der Waals surface area contributed by atoms with E-state index in [1.54, 1.807) is 24.3 Å². The molecule has 1 N–H and O–H groups in total. The van der Waals surface area contributed by atoms with Crippen LogP contribution in [0.4, 0.5) is 0 Å². The lowest BCUT2D eigenvalue weighted by Crippen LogP contribution is -2.40. The second-order valence-corrected chi connectivity index (χ2v) is 7.11. The van der Waals surface area contributed by atoms with E-state index >= 15 is 0 Å². The van der Waals surface area contributed by atoms with Crippen LogP contribution in [0.1, 0.15) is 39.5 Å². The third-order valence-electron chi connectivity index (χ3n) is 3.86. The summed E-state index contributed by atoms with van der Waals surface area (Å²) in [6.45, 7) is 4.59. The van der Waals surface area contributed by atoms with E-state index in [0.29, 0.717) is 23.2 Å². The summed E-state index contributed by atoms with van der Waals surface area (Å²) in [6.07, 6.45) is 4.32. The second kappa shape index (κ2) is 6.59. The van der Waals surface area contributed by atoms with Crippen LogP contribution in [0.3, 0.4) is 0 Å². The maximum absolute atomic E-state index is 12.4. The highest BCUT2D eigenvalue weighted by atomic mass is 32.2. The minimum Gasteiger partial charge on any atom is -0.494 e. The number of nitrogens with one attached hydrogen (secondary N) is 1. The first kappa shape index (κ1) is 15.3. The van der Waals surface area contributed by atoms with Gasteiger partial charge >= 0.3 is 0 Å². The van der Waals surface area contributed by atoms with Gasteiger partial charge in [0.25, 0.3) is 0 Å². The van der Waals surface area contributed by atoms with E-state index in [2.05, 4.69) is 11.6 Å². The molecule has 112 valence electrons. The third kappa shape index (κ3) is 3.73. The Labute approximate surface area is 121 Å². The fourth-order valence-corrected chi connectivity index (χ4v) is 4.02. The van der Waals surface area contributed by atoms with E-state index < -0.39 is 10.0 Å². The number of benzene rings is 1. The summed E-state index contributed by atoms with van der Waals surface area (Å²) in [5, 5.41) is 0. The predicted octanol–water partition coefficient (Wildman–Crippen LogP) is 2.94. The van der Waals surface area contributed by atoms with E-state index in [0.717, 1.165) is 19.3 Å². The lowest BCUT2D eigenvalue weighted by atomic mass is 9.87. The molecule has 1 aliphatic rings. The lowest BCUT2D eigenvalue weighted by molar-refractivity contribution is 0.310. The number of rotatable bonds is 5. The molecule has 0 aliphatic heterocycles. The summed E-state index contributed by atoms with van der Waals surface area (Å²) in [6, 6.07) is 6.65. The molecule has 1 fully saturated rings. The first-order valence-corrected chi connectivity index (χ1v) is 8.76. The molecule has 0 bridgehead atoms. The molecule has 2 rings (SSSR count). The van der Waals surface area contributed by atoms with E-state index in [1.807, 2.05) is 6.92 Å². The van der Waals surface area contributed by atoms with Crippen LogP contribution in [0.2, 0.25) is 0 Å². The Morgan fingerprint density at radius 3 is 2.45 bits per heavy atom. The first-order chi connectivity index (χ1) is 9.53. The molecule has 1 aliphatic carbocycles. The smallest absolute Gasteiger partial charge is 0.240 e. The zero-order valence-electron chi connectivity index (χ0n) is 12.1. The van der Waals surface area contributed by atoms with Crippen molar-refractivity contribution in [1.29, 1.82) is 0 Å². The van der Waals surface area contributed by atoms with Crippen molar-refractivity contribution in [2.24, 2.45) is 5.92 Å². The maximum Gasteiger partial charge on any atom is 0.240 e. The highest BCUT2D eigenvalue weighted by molar-refractivity contribution is 7.89. The number of hydrogen-bond acceptors (Lipinski definition) is 3. The standard InChI is InChI=1S/C15H23NO3S/c1-3-19-13-8-10-14(11-9-13)20(17,18)16-15-7-5-4-6-12(15)2/h8-12,15-16H,3-7H2,1-2H3/t12-,15-/m1/s1. The summed E-state index contributed by atoms with van der Waals surface area (Å²) in [7, 11) is -3.43. The van der Waals surface area contributed by atoms with Gasteiger partial charge in [-0.1, -0.05) is 19.8 Å². The normalized spacial score (nSPS) is 23.5. The molecule has 0 radical (unpaired) electrons. The summed E-state index contributed by atoms with van der Waals surface area (Å²) >= 11 is 0. The fraction of sp³-hybridized carbons (Fsp3) is 0.600. The highest BCUT2D eigenvalue weighted by Gasteiger charge is 2.26. The van der Waals surface area contributed by atoms with Crippen molar-refractivity contribution in [3.05, 3.63) is 24.3 Å². The van der Waals surface area contributed by atoms with Gasteiger partial charge in [-0.05, 0) is 49.9 Å². The van der Waals surface area contributed by atoms with Crippen LogP contribution >= 0.6 is 0 Å². The number of ether oxygens (including phenoxy) is 1. The van der Waals surface area contributed by atoms with Gasteiger partial charge in [0.15, 0.2) is 0 Å². The van der Waals surface area contributed by atoms with Crippen molar-refractivity contribution >= 4 is 10.0 Å². The molecular formula is C15H23NO3S. The van der Waals surface area contributed by atoms with Gasteiger partial charge in [-0.2, -0.15) is 0 Å². The Bertz CT molecular complexity index is 525. The van der Waals surface area contributed by atoms with Gasteiger partial charge in [0, 0.05) is 6.04 Å². The lowest BCUT2D eigenvalue weighted by Gasteiger charge is -2.29. The van der Waals surface area contributed by atoms with Gasteiger partial charge in [0.1, 0.15) is 5.75 Å². The zero-order chi connectivity index (χ0) is 14.6. The van der Waals surface area contributed by atoms with E-state index in [-0.39, 0.29) is 6.04 Å². The van der Waals surface area contributed by atoms with Gasteiger partial charge in [-0.15, -0.1) is 0 Å². The Hall–Kier alpha value is -1.07. The van der Waals surface area contributed by atoms with E-state index in [9.17, 15) is 8.42 Å². The molecule has 1 aromatic carbocycles. The van der Waals surface area contributed by atoms with Crippen molar-refractivity contribution in [2.45, 2.75) is 50.5 Å². The molecule has 20 heavy (non-hydrogen) atoms. The van der Waals surface area contributed by atoms with Crippen molar-refractivity contribution in [3.8, 4) is 5.75 Å². The topological polar surface area (TPSA) is 55.4 Å². The molecular weight excluding hydrogens is 274 g/mol. The largest absolute Gasteiger partial charge is 0.494 e. The molecule has 0 saturated heterocycles. The second-order valence-electron chi connectivity index (χ2n) is 5.39. The minimum absolute atomic E-state index is 0.0559. The molecule has 0 heterocycles. The Morgan fingerprint density at radius 1 is 1.20 bits per heavy atom. The Morgan fingerprint density at radius 2 is 1.85 bits per heavy atom. The number of hydrogen-bond donors (Lipinski definition) is 1. The Kier molecular flexibility index (Phi) is 5.05. The quantitative estimate of drug-likeness (QED) is 0.909. The SMILES string of the molecule is CCOc1ccc(S(=O)(=O)N[C@@H]2CCCC[C@H]2C)cc1. The van der Waals surface area contributed by atoms with Crippen LogP contribution in [-0.2, 0) is 10.0 Å². The van der Waals surface area contributed by atoms with Gasteiger partial charge in [-0.3, -0.25) is 0 Å². The van der Waals surface area contributed by atoms with Crippen LogP contribution in [0, 0.1) is 5.92 Å². The summed E-state index contributed by atoms with van der Waals surface area (Å²) < 4.78 is 32.9. The highest BCUT2D eigenvalue weighted by Crippen LogP contribution is 2.25. The molecule has 1 aromatic rings. The first-order valence-electron chi connectivity index (χ1n) is 7.28. The van der Waals surface area contributed by atoms with Gasteiger partial charge in [0.2, 0.25) is 10.0 Å². The molecule has 5 heteroatoms. The molecule has 2 atom stereocenters. The molecule has 0 aromatic heterocycles. The van der Waals surface area contributed by atoms with Crippen LogP contribution < -0.4 is 9.46 Å². The summed E-state index contributed by atoms with van der Waals surface area (Å²) in [5.74, 6) is 1.10. The van der Waals surface area contributed by atoms with Crippen molar-refractivity contribution in [1.82, 2.24) is 4.72 Å². The van der Waals surface area contributed by atoms with Crippen molar-refractivity contribution in [3.63, 3.8) is 0 Å². The molecule has 0 spiro atoms. The monoisotopic (exact) mass is 297 g/mol. The van der Waals surface area contributed by atoms with Gasteiger partial charge < -0.3 is 4.74 Å². The summed E-state index contributed by atoms with van der Waals surface area (Å²) in [5.41, 5.74) is 0. The Balaban J connectivity index is 2.09. The molecule has 4 nitrogen and oxygen atoms in total. The predicted molar refractivity (Wildman–Crippen MR) is 79.4 cm³/mol. The van der Waals surface area contributed by atoms with E-state index in [4.69, 9.17) is 4.74 Å². The van der Waals surface area contributed by atoms with Crippen molar-refractivity contribution in [2.75, 3.05) is 6.61 Å². The molecule has 0 amide bonds.